The number of nitrogens with zero attached hydrogens (tertiary/aromatic N) is 2. The molecule has 0 spiro atoms. The van der Waals surface area contributed by atoms with E-state index in [1.165, 1.54) is 51.9 Å². The van der Waals surface area contributed by atoms with E-state index in [1.54, 1.807) is 0 Å². The number of carbonyl (C=O) groups is 8. The third kappa shape index (κ3) is 20.4. The number of benzene rings is 1. The minimum Gasteiger partial charge on any atom is -0.504 e. The van der Waals surface area contributed by atoms with Crippen LogP contribution in [0.2, 0.25) is 0 Å². The van der Waals surface area contributed by atoms with Crippen LogP contribution in [0.15, 0.2) is 18.2 Å². The Hall–Kier alpha value is -5.75. The number of aromatic hydroxyl groups is 1. The van der Waals surface area contributed by atoms with Crippen LogP contribution < -0.4 is 36.5 Å². The Bertz CT molecular complexity index is 2360. The molecule has 3 heterocycles. The van der Waals surface area contributed by atoms with Crippen LogP contribution in [0.1, 0.15) is 142 Å². The molecule has 1 aromatic rings. The summed E-state index contributed by atoms with van der Waals surface area (Å²) >= 11 is 0. The molecule has 446 valence electrons. The van der Waals surface area contributed by atoms with Gasteiger partial charge in [-0.15, -0.1) is 0 Å². The van der Waals surface area contributed by atoms with Gasteiger partial charge in [-0.1, -0.05) is 97.0 Å². The van der Waals surface area contributed by atoms with Crippen LogP contribution >= 0.6 is 0 Å². The number of aliphatic hydroxyl groups is 6. The molecule has 0 radical (unpaired) electrons. The van der Waals surface area contributed by atoms with Crippen molar-refractivity contribution < 1.29 is 91.3 Å². The Kier molecular flexibility index (Phi) is 26.1. The van der Waals surface area contributed by atoms with Crippen molar-refractivity contribution >= 4 is 57.7 Å². The Balaban J connectivity index is 1.69. The van der Waals surface area contributed by atoms with Gasteiger partial charge in [0.25, 0.3) is 0 Å². The molecule has 13 atom stereocenters. The lowest BCUT2D eigenvalue weighted by molar-refractivity contribution is -0.148. The fourth-order valence-corrected chi connectivity index (χ4v) is 10.4. The normalized spacial score (nSPS) is 27.1. The molecule has 3 fully saturated rings. The number of hydrogen-bond acceptors (Lipinski definition) is 18. The molecule has 3 aliphatic rings. The number of nitrogens with two attached hydrogens (primary N) is 1. The summed E-state index contributed by atoms with van der Waals surface area (Å²) in [7, 11) is -5.22. The fraction of sp³-hybridized carbons (Fsp3) is 0.725. The van der Waals surface area contributed by atoms with E-state index in [0.29, 0.717) is 6.42 Å². The highest BCUT2D eigenvalue weighted by Crippen LogP contribution is 2.30. The Morgan fingerprint density at radius 3 is 1.90 bits per heavy atom. The summed E-state index contributed by atoms with van der Waals surface area (Å²) in [4.78, 5) is 113. The summed E-state index contributed by atoms with van der Waals surface area (Å²) < 4.78 is 36.6. The Labute approximate surface area is 459 Å². The fourth-order valence-electron chi connectivity index (χ4n) is 10.0. The lowest BCUT2D eigenvalue weighted by Crippen LogP contribution is -2.64. The standard InChI is InChI=1S/C51H82N8O19S/c1-4-5-6-7-8-9-10-11-12-13-14-15-16-17-39(66)53-32-19-21-40(67)54-49(72)44-45(68)28(2)26-59(44)51(74)43(36(64)25-38(52)65)57-48(71)42(35(63)22-30-18-20-34(62)37(23-30)78-79(75,76)77)56-47(70)33-24-31(61)27-58(33)50(73)41(29(3)60)55-46(32)69/h18,20,23,28-29,31-33,35-36,40-45,60-64,67-68H,4-17,19,21-22,24-27H2,1-3H3,(H2,52,65)(H,53,66)(H,54,72)(H,55,69)(H,56,70)(H,57,71)(H,75,76,77)/t28-,29+,31+,32-,33-,35+,36+,40+,41-,42-,43-,44-,45-/m0/s1. The molecule has 0 unspecified atom stereocenters. The van der Waals surface area contributed by atoms with Gasteiger partial charge in [0.15, 0.2) is 11.5 Å². The first-order chi connectivity index (χ1) is 37.2. The second-order valence-corrected chi connectivity index (χ2v) is 22.1. The van der Waals surface area contributed by atoms with Crippen molar-refractivity contribution in [2.45, 2.75) is 216 Å². The molecule has 1 aromatic carbocycles. The monoisotopic (exact) mass is 1140 g/mol. The zero-order valence-corrected chi connectivity index (χ0v) is 45.9. The van der Waals surface area contributed by atoms with Gasteiger partial charge < -0.3 is 82.0 Å². The van der Waals surface area contributed by atoms with Crippen molar-refractivity contribution in [2.24, 2.45) is 11.7 Å². The molecule has 27 nitrogen and oxygen atoms in total. The summed E-state index contributed by atoms with van der Waals surface area (Å²) in [6, 6.07) is -8.65. The molecule has 28 heteroatoms. The number of unbranched alkanes of at least 4 members (excludes halogenated alkanes) is 12. The number of fused-ring (bicyclic) bond motifs is 2. The lowest BCUT2D eigenvalue weighted by Gasteiger charge is -2.34. The predicted molar refractivity (Wildman–Crippen MR) is 280 cm³/mol. The van der Waals surface area contributed by atoms with E-state index >= 15 is 0 Å². The average molecular weight is 1140 g/mol. The van der Waals surface area contributed by atoms with Gasteiger partial charge in [-0.05, 0) is 43.9 Å². The van der Waals surface area contributed by atoms with Crippen LogP contribution in [-0.4, -0.2) is 192 Å². The van der Waals surface area contributed by atoms with Gasteiger partial charge in [0.1, 0.15) is 42.5 Å². The van der Waals surface area contributed by atoms with Gasteiger partial charge in [-0.3, -0.25) is 42.9 Å². The maximum Gasteiger partial charge on any atom is 0.446 e. The van der Waals surface area contributed by atoms with Gasteiger partial charge >= 0.3 is 10.4 Å². The van der Waals surface area contributed by atoms with Crippen molar-refractivity contribution in [3.63, 3.8) is 0 Å². The van der Waals surface area contributed by atoms with E-state index in [0.717, 1.165) is 67.0 Å². The molecule has 0 saturated carbocycles. The van der Waals surface area contributed by atoms with Crippen LogP contribution in [0.5, 0.6) is 11.5 Å². The number of rotatable bonds is 24. The molecule has 3 aliphatic heterocycles. The highest BCUT2D eigenvalue weighted by Gasteiger charge is 2.50. The number of nitrogens with one attached hydrogen (secondary N) is 5. The lowest BCUT2D eigenvalue weighted by atomic mass is 9.98. The first-order valence-corrected chi connectivity index (χ1v) is 28.6. The summed E-state index contributed by atoms with van der Waals surface area (Å²) in [6.07, 6.45) is -0.348. The van der Waals surface area contributed by atoms with Gasteiger partial charge in [0, 0.05) is 38.3 Å². The largest absolute Gasteiger partial charge is 0.504 e. The zero-order chi connectivity index (χ0) is 58.7. The van der Waals surface area contributed by atoms with Crippen molar-refractivity contribution in [3.8, 4) is 11.5 Å². The van der Waals surface area contributed by atoms with E-state index in [4.69, 9.17) is 5.73 Å². The summed E-state index contributed by atoms with van der Waals surface area (Å²) in [6.45, 7) is 3.76. The molecule has 3 saturated heterocycles. The van der Waals surface area contributed by atoms with Crippen LogP contribution in [0.4, 0.5) is 0 Å². The van der Waals surface area contributed by atoms with Crippen LogP contribution in [0, 0.1) is 5.92 Å². The van der Waals surface area contributed by atoms with E-state index < -0.39 is 193 Å². The van der Waals surface area contributed by atoms with Gasteiger partial charge in [-0.2, -0.15) is 8.42 Å². The molecule has 79 heavy (non-hydrogen) atoms. The van der Waals surface area contributed by atoms with Gasteiger partial charge in [0.05, 0.1) is 36.9 Å². The van der Waals surface area contributed by atoms with Crippen LogP contribution in [0.3, 0.4) is 0 Å². The highest BCUT2D eigenvalue weighted by molar-refractivity contribution is 7.81. The van der Waals surface area contributed by atoms with Crippen molar-refractivity contribution in [1.82, 2.24) is 36.4 Å². The molecule has 15 N–H and O–H groups in total. The number of phenolic OH excluding ortho intramolecular Hbond substituents is 1. The van der Waals surface area contributed by atoms with Crippen LogP contribution in [0.25, 0.3) is 0 Å². The third-order valence-corrected chi connectivity index (χ3v) is 14.8. The minimum atomic E-state index is -5.22. The van der Waals surface area contributed by atoms with Gasteiger partial charge in [0.2, 0.25) is 47.3 Å². The number of carbonyl (C=O) groups excluding carboxylic acids is 8. The zero-order valence-electron chi connectivity index (χ0n) is 45.0. The maximum atomic E-state index is 14.6. The first kappa shape index (κ1) is 65.8. The summed E-state index contributed by atoms with van der Waals surface area (Å²) in [5, 5.41) is 89.3. The SMILES string of the molecule is CCCCCCCCCCCCCCCC(=O)N[C@H]1CC[C@@H](O)NC(=O)[C@@H]2[C@@H](O)[C@@H](C)CN2C(=O)[C@H]([C@H](O)CC(N)=O)NC(=O)[C@H]([C@H](O)Cc2ccc(O)c(OS(=O)(=O)O)c2)NC(=O)[C@@H]2C[C@@H](O)CN2C(=O)[C@H]([C@@H](C)O)NC1=O. The van der Waals surface area contributed by atoms with Crippen molar-refractivity contribution in [3.05, 3.63) is 23.8 Å². The Morgan fingerprint density at radius 2 is 1.32 bits per heavy atom. The molecular formula is C51H82N8O19S. The first-order valence-electron chi connectivity index (χ1n) is 27.2. The van der Waals surface area contributed by atoms with E-state index in [-0.39, 0.29) is 12.0 Å². The smallest absolute Gasteiger partial charge is 0.446 e. The average Bonchev–Trinajstić information content (AvgIpc) is 3.92. The van der Waals surface area contributed by atoms with Crippen molar-refractivity contribution in [2.75, 3.05) is 13.1 Å². The summed E-state index contributed by atoms with van der Waals surface area (Å²) in [5.74, 6) is -11.7. The second kappa shape index (κ2) is 31.3. The molecule has 4 rings (SSSR count). The number of aliphatic hydroxyl groups excluding tert-OH is 6. The second-order valence-electron chi connectivity index (χ2n) is 21.0. The van der Waals surface area contributed by atoms with Gasteiger partial charge in [-0.25, -0.2) is 0 Å². The number of primary amides is 1. The number of phenols is 1. The number of hydrogen-bond donors (Lipinski definition) is 14. The summed E-state index contributed by atoms with van der Waals surface area (Å²) in [5.41, 5.74) is 5.24. The highest BCUT2D eigenvalue weighted by atomic mass is 32.3. The quantitative estimate of drug-likeness (QED) is 0.0390. The molecular weight excluding hydrogens is 1060 g/mol. The van der Waals surface area contributed by atoms with Crippen LogP contribution in [-0.2, 0) is 55.2 Å². The minimum absolute atomic E-state index is 0.00964. The van der Waals surface area contributed by atoms with Crippen molar-refractivity contribution in [1.29, 1.82) is 0 Å². The molecule has 0 aliphatic carbocycles. The molecule has 8 amide bonds. The molecule has 0 aromatic heterocycles. The molecule has 0 bridgehead atoms. The third-order valence-electron chi connectivity index (χ3n) is 14.4. The predicted octanol–water partition coefficient (Wildman–Crippen LogP) is -2.09. The maximum absolute atomic E-state index is 14.6. The van der Waals surface area contributed by atoms with E-state index in [1.807, 2.05) is 0 Å². The number of amides is 8. The van der Waals surface area contributed by atoms with E-state index in [9.17, 15) is 87.1 Å². The topological polar surface area (TPSA) is 434 Å². The van der Waals surface area contributed by atoms with E-state index in [2.05, 4.69) is 37.7 Å². The Morgan fingerprint density at radius 1 is 0.747 bits per heavy atom.